The highest BCUT2D eigenvalue weighted by Crippen LogP contribution is 2.27. The lowest BCUT2D eigenvalue weighted by molar-refractivity contribution is 1.22. The molecule has 0 amide bonds. The minimum absolute atomic E-state index is 0.502. The molecule has 1 aromatic heterocycles. The van der Waals surface area contributed by atoms with Crippen molar-refractivity contribution in [3.05, 3.63) is 180 Å². The van der Waals surface area contributed by atoms with Crippen molar-refractivity contribution in [2.24, 2.45) is 0 Å². The van der Waals surface area contributed by atoms with Gasteiger partial charge in [0.15, 0.2) is 0 Å². The van der Waals surface area contributed by atoms with Crippen LogP contribution in [0.1, 0.15) is 30.9 Å². The third kappa shape index (κ3) is 7.90. The van der Waals surface area contributed by atoms with Gasteiger partial charge in [-0.05, 0) is 57.7 Å². The van der Waals surface area contributed by atoms with Crippen LogP contribution in [-0.4, -0.2) is 10.7 Å². The van der Waals surface area contributed by atoms with Crippen molar-refractivity contribution in [3.63, 3.8) is 0 Å². The predicted molar refractivity (Wildman–Crippen MR) is 184 cm³/mol. The molecular weight excluding hydrogens is 520 g/mol. The van der Waals surface area contributed by atoms with Gasteiger partial charge in [-0.15, -0.1) is 0 Å². The topological polar surface area (TPSA) is 36.7 Å². The van der Waals surface area contributed by atoms with E-state index in [1.54, 1.807) is 6.20 Å². The van der Waals surface area contributed by atoms with Gasteiger partial charge in [0.2, 0.25) is 0 Å². The highest BCUT2D eigenvalue weighted by molar-refractivity contribution is 6.30. The maximum absolute atomic E-state index is 9.33. The van der Waals surface area contributed by atoms with E-state index in [0.717, 1.165) is 39.8 Å². The number of aromatic nitrogens is 1. The monoisotopic (exact) mass is 556 g/mol. The summed E-state index contributed by atoms with van der Waals surface area (Å²) in [5.41, 5.74) is 7.75. The number of rotatable bonds is 10. The van der Waals surface area contributed by atoms with Crippen molar-refractivity contribution >= 4 is 23.4 Å². The maximum atomic E-state index is 9.33. The molecule has 2 heteroatoms. The van der Waals surface area contributed by atoms with Gasteiger partial charge in [-0.3, -0.25) is 10.4 Å². The summed E-state index contributed by atoms with van der Waals surface area (Å²) in [6, 6.07) is 39.5. The Kier molecular flexibility index (Phi) is 10.2. The van der Waals surface area contributed by atoms with E-state index < -0.39 is 0 Å². The summed E-state index contributed by atoms with van der Waals surface area (Å²) in [5, 5.41) is 11.7. The number of benzene rings is 4. The normalized spacial score (nSPS) is 12.8. The van der Waals surface area contributed by atoms with E-state index >= 15 is 0 Å². The van der Waals surface area contributed by atoms with Gasteiger partial charge >= 0.3 is 0 Å². The minimum Gasteiger partial charge on any atom is -0.300 e. The molecule has 0 atom stereocenters. The lowest BCUT2D eigenvalue weighted by Gasteiger charge is -2.13. The number of allylic oxidation sites excluding steroid dienone is 6. The molecule has 0 saturated carbocycles. The van der Waals surface area contributed by atoms with E-state index in [1.165, 1.54) is 16.0 Å². The average Bonchev–Trinajstić information content (AvgIpc) is 3.08. The predicted octanol–water partition coefficient (Wildman–Crippen LogP) is 9.04. The third-order valence-corrected chi connectivity index (χ3v) is 7.24. The summed E-state index contributed by atoms with van der Waals surface area (Å²) in [6.07, 6.45) is 20.3. The number of hydrogen-bond acceptors (Lipinski definition) is 2. The fraction of sp³-hybridized carbons (Fsp3) is 0.0732. The fourth-order valence-electron chi connectivity index (χ4n) is 4.97. The van der Waals surface area contributed by atoms with Crippen LogP contribution >= 0.6 is 0 Å². The molecule has 0 aliphatic heterocycles. The summed E-state index contributed by atoms with van der Waals surface area (Å²) in [5.74, 6) is 0. The van der Waals surface area contributed by atoms with Gasteiger partial charge in [0.05, 0.1) is 5.71 Å². The Hall–Kier alpha value is -5.34. The second kappa shape index (κ2) is 15.0. The van der Waals surface area contributed by atoms with E-state index in [9.17, 15) is 5.41 Å². The third-order valence-electron chi connectivity index (χ3n) is 7.24. The fourth-order valence-corrected chi connectivity index (χ4v) is 4.97. The molecule has 5 aromatic rings. The van der Waals surface area contributed by atoms with Crippen molar-refractivity contribution in [1.29, 1.82) is 5.41 Å². The molecule has 210 valence electrons. The van der Waals surface area contributed by atoms with E-state index in [2.05, 4.69) is 145 Å². The van der Waals surface area contributed by atoms with Crippen LogP contribution in [0.3, 0.4) is 0 Å². The Morgan fingerprint density at radius 1 is 0.651 bits per heavy atom. The van der Waals surface area contributed by atoms with E-state index in [-0.39, 0.29) is 0 Å². The molecule has 0 saturated heterocycles. The molecule has 0 bridgehead atoms. The highest BCUT2D eigenvalue weighted by Gasteiger charge is 2.12. The van der Waals surface area contributed by atoms with Crippen molar-refractivity contribution < 1.29 is 0 Å². The Morgan fingerprint density at radius 2 is 1.37 bits per heavy atom. The van der Waals surface area contributed by atoms with Gasteiger partial charge in [-0.1, -0.05) is 153 Å². The quantitative estimate of drug-likeness (QED) is 0.135. The largest absolute Gasteiger partial charge is 0.300 e. The second-order valence-electron chi connectivity index (χ2n) is 10.2. The Bertz CT molecular complexity index is 1860. The van der Waals surface area contributed by atoms with Gasteiger partial charge in [-0.25, -0.2) is 0 Å². The van der Waals surface area contributed by atoms with Crippen LogP contribution in [0.5, 0.6) is 0 Å². The average molecular weight is 557 g/mol. The van der Waals surface area contributed by atoms with Crippen LogP contribution in [0, 0.1) is 5.41 Å². The molecule has 43 heavy (non-hydrogen) atoms. The lowest BCUT2D eigenvalue weighted by atomic mass is 9.92. The van der Waals surface area contributed by atoms with Crippen molar-refractivity contribution in [3.8, 4) is 22.3 Å². The van der Waals surface area contributed by atoms with Crippen molar-refractivity contribution in [2.75, 3.05) is 0 Å². The van der Waals surface area contributed by atoms with Gasteiger partial charge in [0.1, 0.15) is 0 Å². The van der Waals surface area contributed by atoms with Gasteiger partial charge in [0, 0.05) is 29.1 Å². The first-order valence-electron chi connectivity index (χ1n) is 14.8. The van der Waals surface area contributed by atoms with Gasteiger partial charge in [-0.2, -0.15) is 0 Å². The number of hydrogen-bond donors (Lipinski definition) is 1. The van der Waals surface area contributed by atoms with Crippen molar-refractivity contribution in [1.82, 2.24) is 4.98 Å². The van der Waals surface area contributed by atoms with Crippen LogP contribution in [-0.2, 0) is 0 Å². The molecule has 0 aliphatic rings. The molecule has 4 aromatic carbocycles. The zero-order valence-corrected chi connectivity index (χ0v) is 24.5. The molecule has 5 rings (SSSR count). The molecule has 0 aliphatic carbocycles. The smallest absolute Gasteiger partial charge is 0.0687 e. The molecule has 0 fully saturated rings. The first kappa shape index (κ1) is 29.2. The molecule has 0 spiro atoms. The molecule has 0 radical (unpaired) electrons. The standard InChI is InChI=1S/C41H36N2/c1-2-3-4-5-7-15-32-18-10-11-19-34(32)20-13-24-40(38-22-12-21-37(30-38)39-23-14-29-43-31-39)41(42)36-27-25-35(26-28-36)33-16-8-6-9-17-33/h3-12,14-31,42H,2,13H2,1H3/b4-3+,7-5-,32-15+,34-20-,40-24-,42-41?. The molecule has 0 unspecified atom stereocenters. The van der Waals surface area contributed by atoms with Crippen LogP contribution in [0.15, 0.2) is 158 Å². The molecular formula is C41H36N2. The summed E-state index contributed by atoms with van der Waals surface area (Å²) in [4.78, 5) is 4.31. The minimum atomic E-state index is 0.502. The number of pyridine rings is 1. The first-order chi connectivity index (χ1) is 21.2. The van der Waals surface area contributed by atoms with Crippen LogP contribution < -0.4 is 10.4 Å². The van der Waals surface area contributed by atoms with E-state index in [1.807, 2.05) is 30.5 Å². The van der Waals surface area contributed by atoms with Crippen LogP contribution in [0.2, 0.25) is 0 Å². The molecule has 1 N–H and O–H groups in total. The number of nitrogens with zero attached hydrogens (tertiary/aromatic N) is 1. The summed E-state index contributed by atoms with van der Waals surface area (Å²) in [7, 11) is 0. The van der Waals surface area contributed by atoms with Crippen LogP contribution in [0.4, 0.5) is 0 Å². The lowest BCUT2D eigenvalue weighted by Crippen LogP contribution is -2.23. The Morgan fingerprint density at radius 3 is 2.14 bits per heavy atom. The summed E-state index contributed by atoms with van der Waals surface area (Å²) < 4.78 is 0. The Balaban J connectivity index is 1.51. The number of nitrogens with one attached hydrogen (secondary N) is 1. The van der Waals surface area contributed by atoms with Crippen molar-refractivity contribution in [2.45, 2.75) is 19.8 Å². The Labute approximate surface area is 254 Å². The van der Waals surface area contributed by atoms with Gasteiger partial charge < -0.3 is 0 Å². The highest BCUT2D eigenvalue weighted by atomic mass is 14.6. The van der Waals surface area contributed by atoms with Crippen LogP contribution in [0.25, 0.3) is 40.0 Å². The molecule has 2 nitrogen and oxygen atoms in total. The van der Waals surface area contributed by atoms with E-state index in [4.69, 9.17) is 0 Å². The van der Waals surface area contributed by atoms with E-state index in [0.29, 0.717) is 12.1 Å². The second-order valence-corrected chi connectivity index (χ2v) is 10.2. The zero-order chi connectivity index (χ0) is 29.7. The zero-order valence-electron chi connectivity index (χ0n) is 24.5. The van der Waals surface area contributed by atoms with Gasteiger partial charge in [0.25, 0.3) is 0 Å². The maximum Gasteiger partial charge on any atom is 0.0687 e. The SMILES string of the molecule is CC/C=C/C=C\C=c1/cccc/c1=C/C/C=C(\C(=N)c1ccc(-c2ccccc2)cc1)c1cccc(-c2cccnc2)c1. The summed E-state index contributed by atoms with van der Waals surface area (Å²) >= 11 is 0. The summed E-state index contributed by atoms with van der Waals surface area (Å²) in [6.45, 7) is 2.13. The first-order valence-corrected chi connectivity index (χ1v) is 14.8. The molecule has 1 heterocycles.